The Hall–Kier alpha value is -4.16. The average molecular weight is 402 g/mol. The van der Waals surface area contributed by atoms with Gasteiger partial charge >= 0.3 is 0 Å². The minimum absolute atomic E-state index is 1.27. The van der Waals surface area contributed by atoms with Gasteiger partial charge in [0.05, 0.1) is 0 Å². The highest BCUT2D eigenvalue weighted by atomic mass is 14.3. The Balaban J connectivity index is 1.79. The van der Waals surface area contributed by atoms with Gasteiger partial charge in [0.15, 0.2) is 0 Å². The fourth-order valence-corrected chi connectivity index (χ4v) is 6.08. The van der Waals surface area contributed by atoms with Crippen molar-refractivity contribution < 1.29 is 0 Å². The Morgan fingerprint density at radius 3 is 1.88 bits per heavy atom. The summed E-state index contributed by atoms with van der Waals surface area (Å²) in [5, 5.41) is 13.6. The fraction of sp³-hybridized carbons (Fsp3) is 0. The van der Waals surface area contributed by atoms with Crippen LogP contribution in [0.2, 0.25) is 0 Å². The lowest BCUT2D eigenvalue weighted by molar-refractivity contribution is 1.68. The van der Waals surface area contributed by atoms with Crippen LogP contribution in [0.4, 0.5) is 0 Å². The molecule has 0 atom stereocenters. The Morgan fingerprint density at radius 2 is 1.00 bits per heavy atom. The Bertz CT molecular complexity index is 1910. The van der Waals surface area contributed by atoms with Gasteiger partial charge in [0, 0.05) is 0 Å². The van der Waals surface area contributed by atoms with Crippen molar-refractivity contribution in [2.24, 2.45) is 0 Å². The summed E-state index contributed by atoms with van der Waals surface area (Å²) in [6.07, 6.45) is 0. The number of rotatable bonds is 1. The number of benzene rings is 6. The minimum atomic E-state index is 1.27. The fourth-order valence-electron chi connectivity index (χ4n) is 6.08. The number of fused-ring (bicyclic) bond motifs is 4. The molecule has 0 unspecified atom stereocenters. The summed E-state index contributed by atoms with van der Waals surface area (Å²) in [5.74, 6) is 0. The van der Waals surface area contributed by atoms with Gasteiger partial charge in [0.1, 0.15) is 0 Å². The molecule has 0 heteroatoms. The predicted octanol–water partition coefficient (Wildman–Crippen LogP) is 9.10. The van der Waals surface area contributed by atoms with Crippen LogP contribution in [0.15, 0.2) is 109 Å². The van der Waals surface area contributed by atoms with Crippen LogP contribution in [-0.2, 0) is 0 Å². The summed E-state index contributed by atoms with van der Waals surface area (Å²) in [4.78, 5) is 0. The first-order chi connectivity index (χ1) is 15.9. The lowest BCUT2D eigenvalue weighted by Crippen LogP contribution is -1.84. The quantitative estimate of drug-likeness (QED) is 0.240. The van der Waals surface area contributed by atoms with Crippen molar-refractivity contribution in [2.45, 2.75) is 0 Å². The highest BCUT2D eigenvalue weighted by Crippen LogP contribution is 2.54. The topological polar surface area (TPSA) is 0 Å². The molecule has 0 saturated heterocycles. The van der Waals surface area contributed by atoms with Gasteiger partial charge in [0.25, 0.3) is 0 Å². The largest absolute Gasteiger partial charge is 0.0622 e. The standard InChI is InChI=1S/C32H18/c1-2-8-19(9-3-1)27-18-21-11-7-14-23-22-12-4-5-13-24(22)30-26-15-6-10-20-16-17-25(27)31(28(20)26)32(30)29(21)23/h1-18H. The molecule has 0 saturated carbocycles. The molecule has 0 bridgehead atoms. The zero-order valence-electron chi connectivity index (χ0n) is 17.4. The maximum absolute atomic E-state index is 2.41. The third-order valence-electron chi connectivity index (χ3n) is 7.32. The third kappa shape index (κ3) is 1.89. The maximum Gasteiger partial charge on any atom is -0.000138 e. The average Bonchev–Trinajstić information content (AvgIpc) is 3.13. The van der Waals surface area contributed by atoms with Gasteiger partial charge in [-0.05, 0) is 82.2 Å². The van der Waals surface area contributed by atoms with E-state index in [0.29, 0.717) is 0 Å². The summed E-state index contributed by atoms with van der Waals surface area (Å²) in [6, 6.07) is 40.4. The molecule has 146 valence electrons. The zero-order valence-corrected chi connectivity index (χ0v) is 17.4. The molecule has 6 aromatic rings. The van der Waals surface area contributed by atoms with Crippen LogP contribution in [0.3, 0.4) is 0 Å². The van der Waals surface area contributed by atoms with E-state index in [1.807, 2.05) is 0 Å². The van der Waals surface area contributed by atoms with Crippen molar-refractivity contribution in [1.29, 1.82) is 0 Å². The molecule has 0 heterocycles. The zero-order chi connectivity index (χ0) is 20.8. The maximum atomic E-state index is 2.41. The summed E-state index contributed by atoms with van der Waals surface area (Å²) in [6.45, 7) is 0. The van der Waals surface area contributed by atoms with Crippen molar-refractivity contribution in [3.63, 3.8) is 0 Å². The molecule has 6 aromatic carbocycles. The monoisotopic (exact) mass is 402 g/mol. The van der Waals surface area contributed by atoms with Crippen molar-refractivity contribution in [1.82, 2.24) is 0 Å². The van der Waals surface area contributed by atoms with Gasteiger partial charge in [0.2, 0.25) is 0 Å². The number of hydrogen-bond donors (Lipinski definition) is 0. The van der Waals surface area contributed by atoms with E-state index in [1.54, 1.807) is 0 Å². The summed E-state index contributed by atoms with van der Waals surface area (Å²) >= 11 is 0. The molecule has 8 rings (SSSR count). The van der Waals surface area contributed by atoms with Crippen LogP contribution in [0, 0.1) is 0 Å². The normalized spacial score (nSPS) is 12.4. The van der Waals surface area contributed by atoms with E-state index in [-0.39, 0.29) is 0 Å². The van der Waals surface area contributed by atoms with Gasteiger partial charge in [-0.3, -0.25) is 0 Å². The van der Waals surface area contributed by atoms with E-state index in [4.69, 9.17) is 0 Å². The van der Waals surface area contributed by atoms with E-state index in [1.165, 1.54) is 76.1 Å². The van der Waals surface area contributed by atoms with E-state index >= 15 is 0 Å². The molecule has 0 N–H and O–H groups in total. The van der Waals surface area contributed by atoms with Gasteiger partial charge in [-0.2, -0.15) is 0 Å². The Kier molecular flexibility index (Phi) is 2.97. The van der Waals surface area contributed by atoms with Crippen LogP contribution >= 0.6 is 0 Å². The second-order valence-electron chi connectivity index (χ2n) is 8.88. The van der Waals surface area contributed by atoms with Gasteiger partial charge in [-0.15, -0.1) is 0 Å². The van der Waals surface area contributed by atoms with Crippen LogP contribution in [0.1, 0.15) is 0 Å². The molecular formula is C32H18. The van der Waals surface area contributed by atoms with Crippen LogP contribution in [0.5, 0.6) is 0 Å². The van der Waals surface area contributed by atoms with Crippen LogP contribution in [-0.4, -0.2) is 0 Å². The lowest BCUT2D eigenvalue weighted by atomic mass is 9.90. The Morgan fingerprint density at radius 1 is 0.344 bits per heavy atom. The first kappa shape index (κ1) is 16.5. The first-order valence-corrected chi connectivity index (χ1v) is 11.2. The molecule has 32 heavy (non-hydrogen) atoms. The van der Waals surface area contributed by atoms with Crippen molar-refractivity contribution in [3.05, 3.63) is 109 Å². The van der Waals surface area contributed by atoms with E-state index in [2.05, 4.69) is 109 Å². The van der Waals surface area contributed by atoms with Crippen molar-refractivity contribution in [2.75, 3.05) is 0 Å². The predicted molar refractivity (Wildman–Crippen MR) is 138 cm³/mol. The molecule has 0 fully saturated rings. The molecule has 0 amide bonds. The van der Waals surface area contributed by atoms with Gasteiger partial charge < -0.3 is 0 Å². The summed E-state index contributed by atoms with van der Waals surface area (Å²) in [5.41, 5.74) is 5.39. The highest BCUT2D eigenvalue weighted by Gasteiger charge is 2.26. The second kappa shape index (κ2) is 5.75. The summed E-state index contributed by atoms with van der Waals surface area (Å²) in [7, 11) is 0. The van der Waals surface area contributed by atoms with Gasteiger partial charge in [-0.1, -0.05) is 103 Å². The minimum Gasteiger partial charge on any atom is -0.0622 e. The van der Waals surface area contributed by atoms with Crippen molar-refractivity contribution >= 4 is 53.9 Å². The summed E-state index contributed by atoms with van der Waals surface area (Å²) < 4.78 is 0. The third-order valence-corrected chi connectivity index (χ3v) is 7.32. The molecule has 0 aliphatic heterocycles. The smallest absolute Gasteiger partial charge is 0.000138 e. The lowest BCUT2D eigenvalue weighted by Gasteiger charge is -2.12. The molecule has 0 radical (unpaired) electrons. The van der Waals surface area contributed by atoms with E-state index in [9.17, 15) is 0 Å². The van der Waals surface area contributed by atoms with E-state index < -0.39 is 0 Å². The number of hydrogen-bond acceptors (Lipinski definition) is 0. The molecular weight excluding hydrogens is 384 g/mol. The molecule has 2 aliphatic rings. The first-order valence-electron chi connectivity index (χ1n) is 11.2. The molecule has 0 nitrogen and oxygen atoms in total. The van der Waals surface area contributed by atoms with Gasteiger partial charge in [-0.25, -0.2) is 0 Å². The van der Waals surface area contributed by atoms with Crippen LogP contribution < -0.4 is 0 Å². The highest BCUT2D eigenvalue weighted by molar-refractivity contribution is 6.41. The molecule has 2 aliphatic carbocycles. The molecule has 0 aromatic heterocycles. The van der Waals surface area contributed by atoms with E-state index in [0.717, 1.165) is 0 Å². The van der Waals surface area contributed by atoms with Crippen molar-refractivity contribution in [3.8, 4) is 22.3 Å². The van der Waals surface area contributed by atoms with Crippen LogP contribution in [0.25, 0.3) is 76.1 Å². The Labute approximate surface area is 185 Å². The SMILES string of the molecule is c1ccc(-c2cc3cccc4c5ccccc5c5c(c34)-c3c2ccc2cccc5c32)cc1. The second-order valence-corrected chi connectivity index (χ2v) is 8.88. The molecule has 0 spiro atoms.